The molecular weight excluding hydrogens is 437 g/mol. The standard InChI is InChI=1S/C18H19BrFN3O3S/c1-17(2)16(21)23-18(3,10-27(17,24)25)13-9-12(4-5-14(13)20)26-15-8-11(19)6-7-22-15/h4-9H,10H2,1-3H3,(H2,21,23)/t18-/m0/s1. The highest BCUT2D eigenvalue weighted by atomic mass is 79.9. The number of rotatable bonds is 3. The molecule has 2 heterocycles. The van der Waals surface area contributed by atoms with Gasteiger partial charge < -0.3 is 10.5 Å². The van der Waals surface area contributed by atoms with Gasteiger partial charge in [-0.2, -0.15) is 0 Å². The highest BCUT2D eigenvalue weighted by Gasteiger charge is 2.49. The van der Waals surface area contributed by atoms with Crippen LogP contribution in [0, 0.1) is 5.82 Å². The van der Waals surface area contributed by atoms with Gasteiger partial charge in [0.15, 0.2) is 9.84 Å². The second kappa shape index (κ2) is 6.56. The molecular formula is C18H19BrFN3O3S. The van der Waals surface area contributed by atoms with Gasteiger partial charge in [0, 0.05) is 22.3 Å². The SMILES string of the molecule is CC1(C)C(N)=N[C@](C)(c2cc(Oc3cc(Br)ccn3)ccc2F)CS1(=O)=O. The topological polar surface area (TPSA) is 94.6 Å². The fourth-order valence-corrected chi connectivity index (χ4v) is 4.82. The number of pyridine rings is 1. The molecule has 0 amide bonds. The van der Waals surface area contributed by atoms with Crippen LogP contribution in [0.1, 0.15) is 26.3 Å². The number of sulfone groups is 1. The Bertz CT molecular complexity index is 1040. The van der Waals surface area contributed by atoms with Gasteiger partial charge in [0.25, 0.3) is 0 Å². The summed E-state index contributed by atoms with van der Waals surface area (Å²) in [6, 6.07) is 7.50. The summed E-state index contributed by atoms with van der Waals surface area (Å²) < 4.78 is 45.1. The summed E-state index contributed by atoms with van der Waals surface area (Å²) in [5, 5.41) is 0. The van der Waals surface area contributed by atoms with E-state index in [9.17, 15) is 12.8 Å². The molecule has 2 N–H and O–H groups in total. The van der Waals surface area contributed by atoms with E-state index < -0.39 is 25.9 Å². The quantitative estimate of drug-likeness (QED) is 0.763. The lowest BCUT2D eigenvalue weighted by Gasteiger charge is -2.37. The zero-order valence-electron chi connectivity index (χ0n) is 15.0. The van der Waals surface area contributed by atoms with Gasteiger partial charge in [-0.25, -0.2) is 17.8 Å². The molecule has 3 rings (SSSR count). The van der Waals surface area contributed by atoms with E-state index in [1.54, 1.807) is 25.3 Å². The molecule has 0 spiro atoms. The number of aliphatic imine (C=N–C) groups is 1. The summed E-state index contributed by atoms with van der Waals surface area (Å²) in [6.07, 6.45) is 1.56. The van der Waals surface area contributed by atoms with Gasteiger partial charge in [0.1, 0.15) is 27.7 Å². The molecule has 144 valence electrons. The second-order valence-corrected chi connectivity index (χ2v) is 10.6. The molecule has 1 aliphatic rings. The Kier molecular flexibility index (Phi) is 4.80. The summed E-state index contributed by atoms with van der Waals surface area (Å²) >= 11 is 3.32. The first-order valence-electron chi connectivity index (χ1n) is 8.12. The van der Waals surface area contributed by atoms with Crippen LogP contribution in [0.3, 0.4) is 0 Å². The Balaban J connectivity index is 2.05. The first-order valence-corrected chi connectivity index (χ1v) is 10.6. The number of aromatic nitrogens is 1. The molecule has 1 atom stereocenters. The summed E-state index contributed by atoms with van der Waals surface area (Å²) in [5.41, 5.74) is 4.67. The molecule has 0 unspecified atom stereocenters. The van der Waals surface area contributed by atoms with E-state index in [4.69, 9.17) is 10.5 Å². The van der Waals surface area contributed by atoms with Crippen LogP contribution in [-0.2, 0) is 15.4 Å². The first-order chi connectivity index (χ1) is 12.4. The van der Waals surface area contributed by atoms with Gasteiger partial charge in [0.2, 0.25) is 5.88 Å². The van der Waals surface area contributed by atoms with Crippen molar-refractivity contribution in [2.24, 2.45) is 10.7 Å². The summed E-state index contributed by atoms with van der Waals surface area (Å²) in [4.78, 5) is 8.43. The number of halogens is 2. The van der Waals surface area contributed by atoms with Crippen molar-refractivity contribution in [3.8, 4) is 11.6 Å². The molecule has 2 aromatic rings. The zero-order chi connectivity index (χ0) is 20.0. The Hall–Kier alpha value is -2.00. The lowest BCUT2D eigenvalue weighted by Crippen LogP contribution is -2.54. The van der Waals surface area contributed by atoms with Crippen LogP contribution in [0.15, 0.2) is 46.0 Å². The number of nitrogens with two attached hydrogens (primary N) is 1. The smallest absolute Gasteiger partial charge is 0.220 e. The van der Waals surface area contributed by atoms with Crippen LogP contribution >= 0.6 is 15.9 Å². The van der Waals surface area contributed by atoms with Gasteiger partial charge in [-0.15, -0.1) is 0 Å². The molecule has 6 nitrogen and oxygen atoms in total. The van der Waals surface area contributed by atoms with Crippen LogP contribution in [0.2, 0.25) is 0 Å². The number of ether oxygens (including phenoxy) is 1. The second-order valence-electron chi connectivity index (χ2n) is 7.10. The van der Waals surface area contributed by atoms with Crippen molar-refractivity contribution in [2.75, 3.05) is 5.75 Å². The minimum Gasteiger partial charge on any atom is -0.439 e. The molecule has 27 heavy (non-hydrogen) atoms. The van der Waals surface area contributed by atoms with Gasteiger partial charge in [-0.1, -0.05) is 15.9 Å². The average Bonchev–Trinajstić information content (AvgIpc) is 2.54. The largest absolute Gasteiger partial charge is 0.439 e. The van der Waals surface area contributed by atoms with E-state index in [1.165, 1.54) is 32.0 Å². The summed E-state index contributed by atoms with van der Waals surface area (Å²) in [7, 11) is -3.64. The zero-order valence-corrected chi connectivity index (χ0v) is 17.4. The fourth-order valence-electron chi connectivity index (χ4n) is 2.82. The maximum absolute atomic E-state index is 14.6. The van der Waals surface area contributed by atoms with E-state index in [0.29, 0.717) is 11.6 Å². The minimum absolute atomic E-state index is 0.0457. The Morgan fingerprint density at radius 1 is 1.22 bits per heavy atom. The normalized spacial score (nSPS) is 23.5. The first kappa shape index (κ1) is 19.8. The predicted molar refractivity (Wildman–Crippen MR) is 105 cm³/mol. The van der Waals surface area contributed by atoms with Gasteiger partial charge in [-0.3, -0.25) is 4.99 Å². The molecule has 0 saturated heterocycles. The molecule has 0 fully saturated rings. The number of hydrogen-bond acceptors (Lipinski definition) is 6. The molecule has 0 saturated carbocycles. The highest BCUT2D eigenvalue weighted by molar-refractivity contribution is 9.10. The van der Waals surface area contributed by atoms with Crippen molar-refractivity contribution in [3.63, 3.8) is 0 Å². The molecule has 9 heteroatoms. The van der Waals surface area contributed by atoms with E-state index >= 15 is 0 Å². The van der Waals surface area contributed by atoms with Crippen molar-refractivity contribution in [1.82, 2.24) is 4.98 Å². The van der Waals surface area contributed by atoms with Crippen LogP contribution in [0.4, 0.5) is 4.39 Å². The predicted octanol–water partition coefficient (Wildman–Crippen LogP) is 3.55. The molecule has 0 bridgehead atoms. The van der Waals surface area contributed by atoms with E-state index in [1.807, 2.05) is 0 Å². The lowest BCUT2D eigenvalue weighted by atomic mass is 9.93. The van der Waals surface area contributed by atoms with Crippen molar-refractivity contribution >= 4 is 31.6 Å². The number of amidine groups is 1. The van der Waals surface area contributed by atoms with E-state index in [-0.39, 0.29) is 17.2 Å². The van der Waals surface area contributed by atoms with E-state index in [0.717, 1.165) is 4.47 Å². The third-order valence-corrected chi connectivity index (χ3v) is 7.87. The third kappa shape index (κ3) is 3.58. The number of benzene rings is 1. The lowest BCUT2D eigenvalue weighted by molar-refractivity contribution is 0.446. The summed E-state index contributed by atoms with van der Waals surface area (Å²) in [6.45, 7) is 4.54. The maximum Gasteiger partial charge on any atom is 0.220 e. The van der Waals surface area contributed by atoms with Gasteiger partial charge in [-0.05, 0) is 45.0 Å². The van der Waals surface area contributed by atoms with Crippen molar-refractivity contribution in [3.05, 3.63) is 52.4 Å². The Labute approximate surface area is 165 Å². The molecule has 1 aromatic carbocycles. The van der Waals surface area contributed by atoms with Crippen molar-refractivity contribution in [2.45, 2.75) is 31.1 Å². The van der Waals surface area contributed by atoms with Gasteiger partial charge >= 0.3 is 0 Å². The maximum atomic E-state index is 14.6. The van der Waals surface area contributed by atoms with Crippen molar-refractivity contribution in [1.29, 1.82) is 0 Å². The van der Waals surface area contributed by atoms with Crippen LogP contribution < -0.4 is 10.5 Å². The Morgan fingerprint density at radius 3 is 2.56 bits per heavy atom. The van der Waals surface area contributed by atoms with Crippen LogP contribution in [0.5, 0.6) is 11.6 Å². The van der Waals surface area contributed by atoms with Crippen LogP contribution in [0.25, 0.3) is 0 Å². The molecule has 1 aromatic heterocycles. The highest BCUT2D eigenvalue weighted by Crippen LogP contribution is 2.39. The fraction of sp³-hybridized carbons (Fsp3) is 0.333. The van der Waals surface area contributed by atoms with Gasteiger partial charge in [0.05, 0.1) is 5.75 Å². The summed E-state index contributed by atoms with van der Waals surface area (Å²) in [5.74, 6) is -0.362. The van der Waals surface area contributed by atoms with E-state index in [2.05, 4.69) is 25.9 Å². The van der Waals surface area contributed by atoms with Crippen LogP contribution in [-0.4, -0.2) is 29.7 Å². The minimum atomic E-state index is -3.64. The Morgan fingerprint density at radius 2 is 1.93 bits per heavy atom. The molecule has 0 radical (unpaired) electrons. The van der Waals surface area contributed by atoms with Crippen molar-refractivity contribution < 1.29 is 17.5 Å². The molecule has 0 aliphatic carbocycles. The number of nitrogens with zero attached hydrogens (tertiary/aromatic N) is 2. The average molecular weight is 456 g/mol. The molecule has 1 aliphatic heterocycles. The monoisotopic (exact) mass is 455 g/mol. The number of hydrogen-bond donors (Lipinski definition) is 1. The third-order valence-electron chi connectivity index (χ3n) is 4.67.